The van der Waals surface area contributed by atoms with Gasteiger partial charge in [-0.15, -0.1) is 0 Å². The van der Waals surface area contributed by atoms with Gasteiger partial charge in [0, 0.05) is 12.7 Å². The Morgan fingerprint density at radius 3 is 2.88 bits per heavy atom. The van der Waals surface area contributed by atoms with Crippen molar-refractivity contribution in [3.05, 3.63) is 28.0 Å². The summed E-state index contributed by atoms with van der Waals surface area (Å²) in [5, 5.41) is 3.33. The number of aromatic nitrogens is 1. The largest absolute Gasteiger partial charge is 0.352 e. The van der Waals surface area contributed by atoms with E-state index in [4.69, 9.17) is 23.2 Å². The van der Waals surface area contributed by atoms with Crippen LogP contribution >= 0.6 is 35.0 Å². The van der Waals surface area contributed by atoms with Gasteiger partial charge < -0.3 is 5.32 Å². The number of nitrogens with one attached hydrogen (secondary N) is 1. The fourth-order valence-corrected chi connectivity index (χ4v) is 2.21. The van der Waals surface area contributed by atoms with Crippen LogP contribution in [0.3, 0.4) is 0 Å². The second-order valence-corrected chi connectivity index (χ2v) is 5.44. The van der Waals surface area contributed by atoms with Gasteiger partial charge in [-0.3, -0.25) is 4.79 Å². The Kier molecular flexibility index (Phi) is 6.09. The molecular weight excluding hydrogens is 279 g/mol. The average Bonchev–Trinajstić information content (AvgIpc) is 2.30. The van der Waals surface area contributed by atoms with E-state index in [1.54, 1.807) is 11.8 Å². The minimum Gasteiger partial charge on any atom is -0.352 e. The highest BCUT2D eigenvalue weighted by Crippen LogP contribution is 2.19. The summed E-state index contributed by atoms with van der Waals surface area (Å²) >= 11 is 13.2. The summed E-state index contributed by atoms with van der Waals surface area (Å²) in [4.78, 5) is 15.6. The molecule has 0 radical (unpaired) electrons. The lowest BCUT2D eigenvalue weighted by atomic mass is 10.2. The van der Waals surface area contributed by atoms with E-state index in [0.717, 1.165) is 5.75 Å². The topological polar surface area (TPSA) is 42.0 Å². The van der Waals surface area contributed by atoms with Crippen LogP contribution in [0.4, 0.5) is 0 Å². The molecule has 0 fully saturated rings. The van der Waals surface area contributed by atoms with E-state index in [1.807, 2.05) is 6.26 Å². The molecule has 1 aromatic rings. The molecule has 1 atom stereocenters. The number of halogens is 2. The van der Waals surface area contributed by atoms with Crippen LogP contribution in [0.2, 0.25) is 10.2 Å². The fraction of sp³-hybridized carbons (Fsp3) is 0.455. The number of hydrogen-bond acceptors (Lipinski definition) is 3. The van der Waals surface area contributed by atoms with E-state index in [0.29, 0.717) is 18.0 Å². The van der Waals surface area contributed by atoms with Gasteiger partial charge in [0.25, 0.3) is 5.91 Å². The molecule has 1 unspecified atom stereocenters. The van der Waals surface area contributed by atoms with Crippen molar-refractivity contribution in [2.24, 2.45) is 5.92 Å². The monoisotopic (exact) mass is 292 g/mol. The zero-order valence-corrected chi connectivity index (χ0v) is 12.0. The van der Waals surface area contributed by atoms with Gasteiger partial charge in [-0.1, -0.05) is 30.1 Å². The lowest BCUT2D eigenvalue weighted by Gasteiger charge is -2.11. The van der Waals surface area contributed by atoms with Crippen molar-refractivity contribution < 1.29 is 4.79 Å². The van der Waals surface area contributed by atoms with Crippen LogP contribution in [0.1, 0.15) is 17.3 Å². The number of carbonyl (C=O) groups excluding carboxylic acids is 1. The van der Waals surface area contributed by atoms with Crippen molar-refractivity contribution in [1.82, 2.24) is 10.3 Å². The maximum atomic E-state index is 11.8. The molecule has 0 aromatic carbocycles. The van der Waals surface area contributed by atoms with Crippen LogP contribution < -0.4 is 5.32 Å². The number of rotatable bonds is 5. The Morgan fingerprint density at radius 2 is 2.29 bits per heavy atom. The van der Waals surface area contributed by atoms with Crippen LogP contribution in [0.5, 0.6) is 0 Å². The Bertz CT molecular complexity index is 401. The first kappa shape index (κ1) is 14.6. The standard InChI is InChI=1S/C11H14Cl2N2OS/c1-7(6-17-2)4-15-11(16)8-3-9(12)10(13)14-5-8/h3,5,7H,4,6H2,1-2H3,(H,15,16). The maximum Gasteiger partial charge on any atom is 0.252 e. The first-order valence-electron chi connectivity index (χ1n) is 5.12. The lowest BCUT2D eigenvalue weighted by molar-refractivity contribution is 0.0949. The molecule has 0 bridgehead atoms. The van der Waals surface area contributed by atoms with Gasteiger partial charge in [-0.05, 0) is 24.0 Å². The van der Waals surface area contributed by atoms with Gasteiger partial charge >= 0.3 is 0 Å². The SMILES string of the molecule is CSCC(C)CNC(=O)c1cnc(Cl)c(Cl)c1. The highest BCUT2D eigenvalue weighted by atomic mass is 35.5. The number of carbonyl (C=O) groups is 1. The molecule has 17 heavy (non-hydrogen) atoms. The van der Waals surface area contributed by atoms with Crippen molar-refractivity contribution in [1.29, 1.82) is 0 Å². The predicted octanol–water partition coefficient (Wildman–Crippen LogP) is 3.12. The molecule has 1 N–H and O–H groups in total. The first-order chi connectivity index (χ1) is 8.04. The second kappa shape index (κ2) is 7.09. The highest BCUT2D eigenvalue weighted by molar-refractivity contribution is 7.98. The van der Waals surface area contributed by atoms with Gasteiger partial charge in [-0.2, -0.15) is 11.8 Å². The number of pyridine rings is 1. The molecule has 0 aliphatic rings. The quantitative estimate of drug-likeness (QED) is 0.848. The van der Waals surface area contributed by atoms with Gasteiger partial charge in [0.15, 0.2) is 0 Å². The fourth-order valence-electron chi connectivity index (χ4n) is 1.26. The molecule has 1 aromatic heterocycles. The average molecular weight is 293 g/mol. The Balaban J connectivity index is 2.55. The number of nitrogens with zero attached hydrogens (tertiary/aromatic N) is 1. The van der Waals surface area contributed by atoms with Gasteiger partial charge in [0.05, 0.1) is 10.6 Å². The van der Waals surface area contributed by atoms with E-state index in [-0.39, 0.29) is 16.1 Å². The summed E-state index contributed by atoms with van der Waals surface area (Å²) < 4.78 is 0. The van der Waals surface area contributed by atoms with E-state index in [1.165, 1.54) is 12.3 Å². The summed E-state index contributed by atoms with van der Waals surface area (Å²) in [6.07, 6.45) is 3.46. The Labute approximate surface area is 115 Å². The van der Waals surface area contributed by atoms with E-state index >= 15 is 0 Å². The van der Waals surface area contributed by atoms with Crippen molar-refractivity contribution >= 4 is 40.9 Å². The minimum absolute atomic E-state index is 0.177. The maximum absolute atomic E-state index is 11.8. The van der Waals surface area contributed by atoms with Crippen LogP contribution in [0.15, 0.2) is 12.3 Å². The molecule has 0 aliphatic carbocycles. The van der Waals surface area contributed by atoms with Crippen molar-refractivity contribution in [3.63, 3.8) is 0 Å². The van der Waals surface area contributed by atoms with Crippen LogP contribution in [0.25, 0.3) is 0 Å². The first-order valence-corrected chi connectivity index (χ1v) is 7.27. The number of thioether (sulfide) groups is 1. The molecule has 3 nitrogen and oxygen atoms in total. The van der Waals surface area contributed by atoms with Crippen LogP contribution in [0, 0.1) is 5.92 Å². The zero-order valence-electron chi connectivity index (χ0n) is 9.67. The molecule has 0 saturated carbocycles. The van der Waals surface area contributed by atoms with Crippen LogP contribution in [-0.2, 0) is 0 Å². The summed E-state index contributed by atoms with van der Waals surface area (Å²) in [6.45, 7) is 2.73. The van der Waals surface area contributed by atoms with E-state index < -0.39 is 0 Å². The summed E-state index contributed by atoms with van der Waals surface area (Å²) in [5.74, 6) is 1.27. The molecule has 0 saturated heterocycles. The third kappa shape index (κ3) is 4.74. The zero-order chi connectivity index (χ0) is 12.8. The van der Waals surface area contributed by atoms with Crippen LogP contribution in [-0.4, -0.2) is 29.4 Å². The third-order valence-corrected chi connectivity index (χ3v) is 3.71. The molecule has 1 heterocycles. The number of hydrogen-bond donors (Lipinski definition) is 1. The van der Waals surface area contributed by atoms with Crippen molar-refractivity contribution in [2.45, 2.75) is 6.92 Å². The molecule has 0 spiro atoms. The van der Waals surface area contributed by atoms with Gasteiger partial charge in [0.1, 0.15) is 5.15 Å². The predicted molar refractivity (Wildman–Crippen MR) is 74.1 cm³/mol. The smallest absolute Gasteiger partial charge is 0.252 e. The molecule has 6 heteroatoms. The van der Waals surface area contributed by atoms with Gasteiger partial charge in [-0.25, -0.2) is 4.98 Å². The van der Waals surface area contributed by atoms with Gasteiger partial charge in [0.2, 0.25) is 0 Å². The van der Waals surface area contributed by atoms with Crippen molar-refractivity contribution in [2.75, 3.05) is 18.6 Å². The van der Waals surface area contributed by atoms with E-state index in [2.05, 4.69) is 17.2 Å². The normalized spacial score (nSPS) is 12.2. The lowest BCUT2D eigenvalue weighted by Crippen LogP contribution is -2.29. The summed E-state index contributed by atoms with van der Waals surface area (Å²) in [5.41, 5.74) is 0.427. The molecular formula is C11H14Cl2N2OS. The summed E-state index contributed by atoms with van der Waals surface area (Å²) in [7, 11) is 0. The molecule has 0 aliphatic heterocycles. The highest BCUT2D eigenvalue weighted by Gasteiger charge is 2.10. The third-order valence-electron chi connectivity index (χ3n) is 2.12. The second-order valence-electron chi connectivity index (χ2n) is 3.77. The molecule has 1 amide bonds. The van der Waals surface area contributed by atoms with E-state index in [9.17, 15) is 4.79 Å². The summed E-state index contributed by atoms with van der Waals surface area (Å²) in [6, 6.07) is 1.52. The molecule has 1 rings (SSSR count). The Morgan fingerprint density at radius 1 is 1.59 bits per heavy atom. The number of amides is 1. The minimum atomic E-state index is -0.177. The Hall–Kier alpha value is -0.450. The molecule has 94 valence electrons. The van der Waals surface area contributed by atoms with Crippen molar-refractivity contribution in [3.8, 4) is 0 Å².